The molecule has 0 fully saturated rings. The summed E-state index contributed by atoms with van der Waals surface area (Å²) >= 11 is 0. The number of hydrogen-bond donors (Lipinski definition) is 2. The van der Waals surface area contributed by atoms with Crippen LogP contribution in [0.3, 0.4) is 0 Å². The number of rotatable bonds is 16. The number of aliphatic carboxylic acids is 1. The maximum atomic E-state index is 12.8. The van der Waals surface area contributed by atoms with E-state index in [1.807, 2.05) is 24.3 Å². The molecule has 2 heterocycles. The average molecular weight is 511 g/mol. The molecule has 7 heteroatoms. The van der Waals surface area contributed by atoms with Crippen LogP contribution in [0, 0.1) is 10.8 Å². The zero-order chi connectivity index (χ0) is 25.4. The molecule has 0 aromatic carbocycles. The van der Waals surface area contributed by atoms with E-state index in [1.165, 1.54) is 0 Å². The van der Waals surface area contributed by atoms with Crippen LogP contribution in [0.25, 0.3) is 0 Å². The molecule has 2 N–H and O–H groups in total. The van der Waals surface area contributed by atoms with Gasteiger partial charge in [-0.25, -0.2) is 0 Å². The molecule has 0 bridgehead atoms. The SMILES string of the molecule is CC(C)(CO)CCCCc1ccc(CCCc2ccc(CCCCC(C)(C)C(=O)O)[s+]2[O-])[s+]1[O-]. The van der Waals surface area contributed by atoms with E-state index < -0.39 is 32.9 Å². The number of carboxylic acid groups (broad SMARTS) is 1. The van der Waals surface area contributed by atoms with Crippen molar-refractivity contribution < 1.29 is 24.1 Å². The molecule has 0 aliphatic rings. The van der Waals surface area contributed by atoms with Crippen LogP contribution in [-0.2, 0) is 30.5 Å². The van der Waals surface area contributed by atoms with Crippen LogP contribution in [0.4, 0.5) is 0 Å². The lowest BCUT2D eigenvalue weighted by Crippen LogP contribution is -2.23. The summed E-state index contributed by atoms with van der Waals surface area (Å²) in [4.78, 5) is 15.0. The fourth-order valence-corrected chi connectivity index (χ4v) is 6.81. The Kier molecular flexibility index (Phi) is 11.2. The van der Waals surface area contributed by atoms with Crippen molar-refractivity contribution >= 4 is 27.5 Å². The first-order valence-corrected chi connectivity index (χ1v) is 14.7. The van der Waals surface area contributed by atoms with Gasteiger partial charge in [-0.3, -0.25) is 4.79 Å². The van der Waals surface area contributed by atoms with Gasteiger partial charge in [0.25, 0.3) is 0 Å². The quantitative estimate of drug-likeness (QED) is 0.189. The van der Waals surface area contributed by atoms with E-state index in [2.05, 4.69) is 13.8 Å². The molecule has 192 valence electrons. The van der Waals surface area contributed by atoms with Crippen molar-refractivity contribution in [2.24, 2.45) is 10.8 Å². The second-order valence-corrected chi connectivity index (χ2v) is 14.0. The van der Waals surface area contributed by atoms with Crippen molar-refractivity contribution in [2.75, 3.05) is 6.61 Å². The summed E-state index contributed by atoms with van der Waals surface area (Å²) in [5, 5.41) is 18.6. The Labute approximate surface area is 210 Å². The van der Waals surface area contributed by atoms with Crippen LogP contribution in [0.15, 0.2) is 24.3 Å². The molecule has 0 aliphatic carbocycles. The van der Waals surface area contributed by atoms with Crippen LogP contribution in [0.5, 0.6) is 0 Å². The van der Waals surface area contributed by atoms with Gasteiger partial charge in [0, 0.05) is 32.3 Å². The Morgan fingerprint density at radius 2 is 1.12 bits per heavy atom. The lowest BCUT2D eigenvalue weighted by molar-refractivity contribution is -0.147. The van der Waals surface area contributed by atoms with Crippen LogP contribution >= 0.6 is 21.5 Å². The molecule has 0 saturated heterocycles. The highest BCUT2D eigenvalue weighted by Crippen LogP contribution is 2.33. The maximum Gasteiger partial charge on any atom is 0.309 e. The number of carbonyl (C=O) groups is 1. The van der Waals surface area contributed by atoms with Gasteiger partial charge in [0.15, 0.2) is 0 Å². The van der Waals surface area contributed by atoms with Gasteiger partial charge in [-0.2, -0.15) is 0 Å². The van der Waals surface area contributed by atoms with Gasteiger partial charge in [-0.15, -0.1) is 0 Å². The third kappa shape index (κ3) is 8.76. The molecule has 0 amide bonds. The Bertz CT molecular complexity index is 910. The van der Waals surface area contributed by atoms with Gasteiger partial charge >= 0.3 is 5.97 Å². The van der Waals surface area contributed by atoms with E-state index in [9.17, 15) is 24.1 Å². The van der Waals surface area contributed by atoms with Gasteiger partial charge in [0.05, 0.1) is 5.41 Å². The van der Waals surface area contributed by atoms with Crippen molar-refractivity contribution in [1.82, 2.24) is 0 Å². The zero-order valence-electron chi connectivity index (χ0n) is 21.2. The van der Waals surface area contributed by atoms with Crippen LogP contribution in [0.1, 0.15) is 92.1 Å². The van der Waals surface area contributed by atoms with E-state index >= 15 is 0 Å². The van der Waals surface area contributed by atoms with E-state index in [4.69, 9.17) is 0 Å². The molecule has 2 aromatic heterocycles. The van der Waals surface area contributed by atoms with Gasteiger partial charge < -0.3 is 19.3 Å². The Morgan fingerprint density at radius 1 is 0.735 bits per heavy atom. The third-order valence-electron chi connectivity index (χ3n) is 6.72. The van der Waals surface area contributed by atoms with E-state index in [0.29, 0.717) is 6.42 Å². The minimum Gasteiger partial charge on any atom is -0.590 e. The number of unbranched alkanes of at least 4 members (excludes halogenated alkanes) is 2. The Balaban J connectivity index is 1.75. The molecule has 34 heavy (non-hydrogen) atoms. The molecule has 2 rings (SSSR count). The number of aryl methyl sites for hydroxylation is 4. The second kappa shape index (κ2) is 13.2. The molecule has 2 aromatic rings. The highest BCUT2D eigenvalue weighted by Gasteiger charge is 2.26. The normalized spacial score (nSPS) is 13.5. The third-order valence-corrected chi connectivity index (χ3v) is 9.98. The minimum absolute atomic E-state index is 0.0480. The minimum atomic E-state index is -1.08. The fourth-order valence-electron chi connectivity index (χ4n) is 4.05. The topological polar surface area (TPSA) is 104 Å². The van der Waals surface area contributed by atoms with Gasteiger partial charge in [0.1, 0.15) is 19.5 Å². The van der Waals surface area contributed by atoms with Gasteiger partial charge in [-0.05, 0) is 75.6 Å². The first-order valence-electron chi connectivity index (χ1n) is 12.4. The summed E-state index contributed by atoms with van der Waals surface area (Å²) in [5.74, 6) is -0.775. The number of aliphatic hydroxyl groups is 1. The Hall–Kier alpha value is -1.25. The van der Waals surface area contributed by atoms with E-state index in [0.717, 1.165) is 83.7 Å². The second-order valence-electron chi connectivity index (χ2n) is 10.8. The lowest BCUT2D eigenvalue weighted by atomic mass is 9.87. The standard InChI is InChI=1S/C27H42O5S2/c1-26(2,20-28)18-7-5-10-21-14-16-23(33(21)31)12-9-13-24-17-15-22(34(24)32)11-6-8-19-27(3,4)25(29)30/h14-17,28H,5-13,18-20H2,1-4H3,(H,29,30). The van der Waals surface area contributed by atoms with E-state index in [1.54, 1.807) is 13.8 Å². The molecule has 2 unspecified atom stereocenters. The number of carboxylic acids is 1. The zero-order valence-corrected chi connectivity index (χ0v) is 22.9. The van der Waals surface area contributed by atoms with Crippen molar-refractivity contribution in [3.8, 4) is 0 Å². The molecule has 0 spiro atoms. The summed E-state index contributed by atoms with van der Waals surface area (Å²) in [6.07, 6.45) is 9.11. The number of hydrogen-bond acceptors (Lipinski definition) is 4. The monoisotopic (exact) mass is 510 g/mol. The molecular weight excluding hydrogens is 468 g/mol. The first kappa shape index (κ1) is 29.0. The fraction of sp³-hybridized carbons (Fsp3) is 0.667. The van der Waals surface area contributed by atoms with Crippen molar-refractivity contribution in [3.05, 3.63) is 43.8 Å². The Morgan fingerprint density at radius 3 is 1.50 bits per heavy atom. The largest absolute Gasteiger partial charge is 0.590 e. The highest BCUT2D eigenvalue weighted by molar-refractivity contribution is 7.25. The lowest BCUT2D eigenvalue weighted by Gasteiger charge is -2.20. The summed E-state index contributed by atoms with van der Waals surface area (Å²) in [7, 11) is -2.12. The molecule has 0 aliphatic heterocycles. The maximum absolute atomic E-state index is 12.8. The summed E-state index contributed by atoms with van der Waals surface area (Å²) in [6.45, 7) is 7.80. The van der Waals surface area contributed by atoms with Crippen molar-refractivity contribution in [2.45, 2.75) is 98.3 Å². The van der Waals surface area contributed by atoms with Crippen molar-refractivity contribution in [1.29, 1.82) is 0 Å². The van der Waals surface area contributed by atoms with E-state index in [-0.39, 0.29) is 12.0 Å². The molecule has 2 atom stereocenters. The predicted molar refractivity (Wildman–Crippen MR) is 140 cm³/mol. The molecule has 5 nitrogen and oxygen atoms in total. The summed E-state index contributed by atoms with van der Waals surface area (Å²) in [5.41, 5.74) is -0.763. The van der Waals surface area contributed by atoms with Crippen LogP contribution in [0.2, 0.25) is 0 Å². The van der Waals surface area contributed by atoms with Crippen molar-refractivity contribution in [3.63, 3.8) is 0 Å². The summed E-state index contributed by atoms with van der Waals surface area (Å²) in [6, 6.07) is 7.91. The smallest absolute Gasteiger partial charge is 0.309 e. The summed E-state index contributed by atoms with van der Waals surface area (Å²) < 4.78 is 25.5. The van der Waals surface area contributed by atoms with Crippen LogP contribution < -0.4 is 0 Å². The van der Waals surface area contributed by atoms with Crippen LogP contribution in [-0.4, -0.2) is 31.9 Å². The van der Waals surface area contributed by atoms with Gasteiger partial charge in [-0.1, -0.05) is 48.2 Å². The number of thiophene rings is 2. The average Bonchev–Trinajstić information content (AvgIpc) is 3.31. The first-order chi connectivity index (χ1) is 16.0. The molecule has 0 saturated carbocycles. The predicted octanol–water partition coefficient (Wildman–Crippen LogP) is 6.87. The highest BCUT2D eigenvalue weighted by atomic mass is 32.2. The number of aliphatic hydroxyl groups excluding tert-OH is 1. The molecular formula is C27H42O5S2. The molecule has 0 radical (unpaired) electrons. The van der Waals surface area contributed by atoms with Gasteiger partial charge in [0.2, 0.25) is 0 Å².